The molecule has 3 aromatic rings. The number of urea groups is 1. The minimum absolute atomic E-state index is 0.0589. The Labute approximate surface area is 236 Å². The third-order valence-corrected chi connectivity index (χ3v) is 6.92. The molecule has 0 aliphatic heterocycles. The monoisotopic (exact) mass is 577 g/mol. The highest BCUT2D eigenvalue weighted by Crippen LogP contribution is 2.30. The van der Waals surface area contributed by atoms with Crippen LogP contribution in [0.4, 0.5) is 23.7 Å². The molecule has 0 atom stereocenters. The van der Waals surface area contributed by atoms with Crippen molar-refractivity contribution in [3.8, 4) is 11.5 Å². The van der Waals surface area contributed by atoms with E-state index in [-0.39, 0.29) is 24.1 Å². The van der Waals surface area contributed by atoms with Gasteiger partial charge in [-0.2, -0.15) is 13.2 Å². The number of hydrogen-bond donors (Lipinski definition) is 1. The highest BCUT2D eigenvalue weighted by atomic mass is 32.1. The molecule has 40 heavy (non-hydrogen) atoms. The van der Waals surface area contributed by atoms with Crippen LogP contribution in [0.3, 0.4) is 0 Å². The second kappa shape index (κ2) is 14.1. The van der Waals surface area contributed by atoms with Crippen molar-refractivity contribution < 1.29 is 32.2 Å². The standard InChI is InChI=1S/C29H34F3N3O4S/c1-20(2)17-35(28(37)33-23-10-8-22(9-11-23)29(30,31)32)19-27(36)34(18-24-6-5-15-40-24)14-13-21-7-12-25(38-3)26(16-21)39-4/h5-12,15-16,20H,13-14,17-19H2,1-4H3,(H,33,37). The maximum atomic E-state index is 13.6. The molecule has 0 radical (unpaired) electrons. The Morgan fingerprint density at radius 3 is 2.25 bits per heavy atom. The first-order chi connectivity index (χ1) is 19.0. The van der Waals surface area contributed by atoms with Gasteiger partial charge in [0.1, 0.15) is 6.54 Å². The molecule has 0 fully saturated rings. The van der Waals surface area contributed by atoms with Crippen LogP contribution in [0.1, 0.15) is 29.9 Å². The smallest absolute Gasteiger partial charge is 0.416 e. The zero-order chi connectivity index (χ0) is 29.3. The van der Waals surface area contributed by atoms with Crippen LogP contribution in [0.2, 0.25) is 0 Å². The van der Waals surface area contributed by atoms with Crippen molar-refractivity contribution >= 4 is 29.0 Å². The average molecular weight is 578 g/mol. The Bertz CT molecular complexity index is 1250. The zero-order valence-corrected chi connectivity index (χ0v) is 23.8. The fraction of sp³-hybridized carbons (Fsp3) is 0.379. The first-order valence-electron chi connectivity index (χ1n) is 12.7. The van der Waals surface area contributed by atoms with Crippen molar-refractivity contribution in [2.75, 3.05) is 39.2 Å². The summed E-state index contributed by atoms with van der Waals surface area (Å²) in [6.45, 7) is 4.75. The van der Waals surface area contributed by atoms with Crippen molar-refractivity contribution in [2.24, 2.45) is 5.92 Å². The molecule has 0 saturated heterocycles. The molecular formula is C29H34F3N3O4S. The van der Waals surface area contributed by atoms with E-state index in [4.69, 9.17) is 9.47 Å². The molecule has 0 spiro atoms. The fourth-order valence-electron chi connectivity index (χ4n) is 4.05. The Hall–Kier alpha value is -3.73. The number of halogens is 3. The van der Waals surface area contributed by atoms with Gasteiger partial charge in [-0.15, -0.1) is 11.3 Å². The Balaban J connectivity index is 1.74. The van der Waals surface area contributed by atoms with Crippen molar-refractivity contribution in [2.45, 2.75) is 33.0 Å². The minimum atomic E-state index is -4.47. The number of nitrogens with one attached hydrogen (secondary N) is 1. The maximum Gasteiger partial charge on any atom is 0.416 e. The molecule has 0 aliphatic carbocycles. The van der Waals surface area contributed by atoms with Gasteiger partial charge in [0.15, 0.2) is 11.5 Å². The first kappa shape index (κ1) is 30.8. The molecule has 0 unspecified atom stereocenters. The number of hydrogen-bond acceptors (Lipinski definition) is 5. The SMILES string of the molecule is COc1ccc(CCN(Cc2cccs2)C(=O)CN(CC(C)C)C(=O)Nc2ccc(C(F)(F)F)cc2)cc1OC. The lowest BCUT2D eigenvalue weighted by Crippen LogP contribution is -2.46. The quantitative estimate of drug-likeness (QED) is 0.265. The molecule has 216 valence electrons. The van der Waals surface area contributed by atoms with Gasteiger partial charge in [0, 0.05) is 23.7 Å². The summed E-state index contributed by atoms with van der Waals surface area (Å²) in [7, 11) is 3.13. The Morgan fingerprint density at radius 1 is 0.975 bits per heavy atom. The zero-order valence-electron chi connectivity index (χ0n) is 23.0. The summed E-state index contributed by atoms with van der Waals surface area (Å²) >= 11 is 1.54. The normalized spacial score (nSPS) is 11.3. The number of anilines is 1. The van der Waals surface area contributed by atoms with E-state index in [0.29, 0.717) is 37.6 Å². The molecule has 1 heterocycles. The van der Waals surface area contributed by atoms with Gasteiger partial charge in [-0.3, -0.25) is 4.79 Å². The summed E-state index contributed by atoms with van der Waals surface area (Å²) in [6.07, 6.45) is -3.92. The van der Waals surface area contributed by atoms with Crippen molar-refractivity contribution in [3.63, 3.8) is 0 Å². The second-order valence-electron chi connectivity index (χ2n) is 9.61. The van der Waals surface area contributed by atoms with Crippen LogP contribution < -0.4 is 14.8 Å². The molecule has 2 aromatic carbocycles. The number of methoxy groups -OCH3 is 2. The van der Waals surface area contributed by atoms with Crippen LogP contribution in [0.15, 0.2) is 60.0 Å². The molecule has 0 aliphatic rings. The molecule has 1 N–H and O–H groups in total. The number of rotatable bonds is 12. The number of thiophene rings is 1. The third kappa shape index (κ3) is 8.90. The van der Waals surface area contributed by atoms with E-state index < -0.39 is 17.8 Å². The largest absolute Gasteiger partial charge is 0.493 e. The topological polar surface area (TPSA) is 71.1 Å². The van der Waals surface area contributed by atoms with Crippen molar-refractivity contribution in [1.29, 1.82) is 0 Å². The summed E-state index contributed by atoms with van der Waals surface area (Å²) in [6, 6.07) is 13.1. The van der Waals surface area contributed by atoms with E-state index in [1.165, 1.54) is 28.4 Å². The van der Waals surface area contributed by atoms with Crippen LogP contribution in [-0.2, 0) is 23.9 Å². The molecular weight excluding hydrogens is 543 g/mol. The second-order valence-corrected chi connectivity index (χ2v) is 10.6. The lowest BCUT2D eigenvalue weighted by atomic mass is 10.1. The lowest BCUT2D eigenvalue weighted by Gasteiger charge is -2.29. The number of benzene rings is 2. The van der Waals surface area contributed by atoms with E-state index in [9.17, 15) is 22.8 Å². The summed E-state index contributed by atoms with van der Waals surface area (Å²) in [5.41, 5.74) is 0.363. The van der Waals surface area contributed by atoms with Crippen molar-refractivity contribution in [1.82, 2.24) is 9.80 Å². The molecule has 1 aromatic heterocycles. The van der Waals surface area contributed by atoms with E-state index in [0.717, 1.165) is 22.6 Å². The number of nitrogens with zero attached hydrogens (tertiary/aromatic N) is 2. The van der Waals surface area contributed by atoms with Crippen LogP contribution in [0.25, 0.3) is 0 Å². The van der Waals surface area contributed by atoms with E-state index in [2.05, 4.69) is 5.32 Å². The van der Waals surface area contributed by atoms with Gasteiger partial charge in [0.05, 0.1) is 26.3 Å². The van der Waals surface area contributed by atoms with E-state index in [1.54, 1.807) is 19.1 Å². The molecule has 11 heteroatoms. The average Bonchev–Trinajstić information content (AvgIpc) is 3.43. The summed E-state index contributed by atoms with van der Waals surface area (Å²) in [5.74, 6) is 1.03. The molecule has 3 amide bonds. The Morgan fingerprint density at radius 2 is 1.68 bits per heavy atom. The van der Waals surface area contributed by atoms with Gasteiger partial charge in [0.25, 0.3) is 0 Å². The lowest BCUT2D eigenvalue weighted by molar-refractivity contribution is -0.137. The fourth-order valence-corrected chi connectivity index (χ4v) is 4.77. The van der Waals surface area contributed by atoms with E-state index >= 15 is 0 Å². The molecule has 7 nitrogen and oxygen atoms in total. The molecule has 0 bridgehead atoms. The Kier molecular flexibility index (Phi) is 10.8. The van der Waals surface area contributed by atoms with Crippen LogP contribution in [0.5, 0.6) is 11.5 Å². The predicted octanol–water partition coefficient (Wildman–Crippen LogP) is 6.55. The molecule has 0 saturated carbocycles. The van der Waals surface area contributed by atoms with Gasteiger partial charge >= 0.3 is 12.2 Å². The van der Waals surface area contributed by atoms with Crippen LogP contribution >= 0.6 is 11.3 Å². The van der Waals surface area contributed by atoms with Crippen LogP contribution in [0, 0.1) is 5.92 Å². The van der Waals surface area contributed by atoms with Crippen molar-refractivity contribution in [3.05, 3.63) is 76.0 Å². The number of carbonyl (C=O) groups is 2. The summed E-state index contributed by atoms with van der Waals surface area (Å²) in [5, 5.41) is 4.56. The van der Waals surface area contributed by atoms with E-state index in [1.807, 2.05) is 49.6 Å². The highest BCUT2D eigenvalue weighted by Gasteiger charge is 2.30. The van der Waals surface area contributed by atoms with Gasteiger partial charge in [-0.1, -0.05) is 26.0 Å². The number of amides is 3. The summed E-state index contributed by atoms with van der Waals surface area (Å²) < 4.78 is 49.4. The number of ether oxygens (including phenoxy) is 2. The van der Waals surface area contributed by atoms with Gasteiger partial charge in [-0.05, 0) is 65.7 Å². The number of carbonyl (C=O) groups excluding carboxylic acids is 2. The van der Waals surface area contributed by atoms with Gasteiger partial charge in [0.2, 0.25) is 5.91 Å². The maximum absolute atomic E-state index is 13.6. The molecule has 3 rings (SSSR count). The minimum Gasteiger partial charge on any atom is -0.493 e. The highest BCUT2D eigenvalue weighted by molar-refractivity contribution is 7.09. The predicted molar refractivity (Wildman–Crippen MR) is 150 cm³/mol. The third-order valence-electron chi connectivity index (χ3n) is 6.06. The number of alkyl halides is 3. The van der Waals surface area contributed by atoms with Gasteiger partial charge in [-0.25, -0.2) is 4.79 Å². The van der Waals surface area contributed by atoms with Gasteiger partial charge < -0.3 is 24.6 Å². The first-order valence-corrected chi connectivity index (χ1v) is 13.6. The summed E-state index contributed by atoms with van der Waals surface area (Å²) in [4.78, 5) is 30.8. The van der Waals surface area contributed by atoms with Crippen LogP contribution in [-0.4, -0.2) is 55.6 Å².